The first-order valence-electron chi connectivity index (χ1n) is 18.9. The number of aliphatic hydroxyl groups is 1. The molecule has 6 unspecified atom stereocenters. The van der Waals surface area contributed by atoms with Gasteiger partial charge in [-0.1, -0.05) is 27.7 Å². The number of hydrogen-bond acceptors (Lipinski definition) is 12. The fraction of sp³-hybridized carbons (Fsp3) is 0.706. The molecule has 0 spiro atoms. The van der Waals surface area contributed by atoms with E-state index in [4.69, 9.17) is 43.7 Å². The van der Waals surface area contributed by atoms with Crippen LogP contribution in [0.5, 0.6) is 0 Å². The van der Waals surface area contributed by atoms with E-state index in [1.807, 2.05) is 13.8 Å². The van der Waals surface area contributed by atoms with Crippen LogP contribution in [0.25, 0.3) is 0 Å². The topological polar surface area (TPSA) is 424 Å². The molecule has 0 aromatic heterocycles. The van der Waals surface area contributed by atoms with Gasteiger partial charge in [0.2, 0.25) is 35.4 Å². The summed E-state index contributed by atoms with van der Waals surface area (Å²) in [6, 6.07) is -7.36. The molecule has 61 heavy (non-hydrogen) atoms. The third kappa shape index (κ3) is 27.4. The summed E-state index contributed by atoms with van der Waals surface area (Å²) in [5, 5.41) is 40.5. The van der Waals surface area contributed by atoms with E-state index in [1.54, 1.807) is 13.8 Å². The minimum Gasteiger partial charge on any atom is -0.480 e. The number of carboxylic acid groups (broad SMARTS) is 2. The highest BCUT2D eigenvalue weighted by Crippen LogP contribution is 2.13. The van der Waals surface area contributed by atoms with E-state index in [0.29, 0.717) is 6.42 Å². The number of carboxylic acids is 2. The molecule has 6 atom stereocenters. The molecule has 0 aliphatic carbocycles. The van der Waals surface area contributed by atoms with Gasteiger partial charge in [-0.2, -0.15) is 13.2 Å². The van der Waals surface area contributed by atoms with Crippen LogP contribution >= 0.6 is 0 Å². The van der Waals surface area contributed by atoms with E-state index in [0.717, 1.165) is 0 Å². The zero-order valence-corrected chi connectivity index (χ0v) is 34.7. The second kappa shape index (κ2) is 29.3. The minimum absolute atomic E-state index is 0.00687. The smallest absolute Gasteiger partial charge is 0.480 e. The summed E-state index contributed by atoms with van der Waals surface area (Å²) in [6.45, 7) is 7.28. The van der Waals surface area contributed by atoms with Crippen molar-refractivity contribution in [3.63, 3.8) is 0 Å². The molecule has 24 nitrogen and oxygen atoms in total. The number of aliphatic hydroxyl groups excluding tert-OH is 1. The average molecular weight is 886 g/mol. The van der Waals surface area contributed by atoms with Gasteiger partial charge in [-0.05, 0) is 57.3 Å². The van der Waals surface area contributed by atoms with Crippen molar-refractivity contribution in [1.29, 1.82) is 0 Å². The Kier molecular flexibility index (Phi) is 27.4. The summed E-state index contributed by atoms with van der Waals surface area (Å²) >= 11 is 0. The standard InChI is InChI=1S/C32H61N13O9.C2HF3O2/c1-16(2)12-19(33)26(50)42-21(9-7-11-39-32(36)37)29(53)43-20(8-6-10-38-31(34)35)28(52)41-18(5)25(49)45-23(15-46)30(54)44-22(13-17(3)4)27(51)40-14-24(47)48;3-2(4,5)1(6)7/h16-23,46H,6-15,33H2,1-5H3,(H,40,51)(H,41,52)(H,42,50)(H,43,53)(H,44,54)(H,45,49)(H,47,48)(H4,34,35,38)(H4,36,37,39);(H,6,7). The van der Waals surface area contributed by atoms with Crippen LogP contribution in [-0.4, -0.2) is 143 Å². The number of carbonyl (C=O) groups excluding carboxylic acids is 6. The van der Waals surface area contributed by atoms with E-state index < -0.39 is 103 Å². The van der Waals surface area contributed by atoms with Gasteiger partial charge < -0.3 is 75.9 Å². The van der Waals surface area contributed by atoms with Gasteiger partial charge >= 0.3 is 18.1 Å². The second-order valence-corrected chi connectivity index (χ2v) is 14.3. The number of rotatable bonds is 26. The van der Waals surface area contributed by atoms with E-state index in [1.165, 1.54) is 6.92 Å². The molecule has 0 aliphatic rings. The first-order chi connectivity index (χ1) is 28.1. The monoisotopic (exact) mass is 885 g/mol. The molecular weight excluding hydrogens is 823 g/mol. The number of aliphatic carboxylic acids is 2. The zero-order chi connectivity index (χ0) is 47.6. The van der Waals surface area contributed by atoms with Gasteiger partial charge in [0.25, 0.3) is 0 Å². The Morgan fingerprint density at radius 3 is 1.38 bits per heavy atom. The molecule has 0 radical (unpaired) electrons. The van der Waals surface area contributed by atoms with E-state index in [-0.39, 0.29) is 68.9 Å². The first-order valence-corrected chi connectivity index (χ1v) is 18.9. The molecule has 6 amide bonds. The minimum atomic E-state index is -5.08. The summed E-state index contributed by atoms with van der Waals surface area (Å²) in [4.78, 5) is 106. The van der Waals surface area contributed by atoms with Gasteiger partial charge in [0.15, 0.2) is 11.9 Å². The van der Waals surface area contributed by atoms with Gasteiger partial charge in [0.05, 0.1) is 12.6 Å². The van der Waals surface area contributed by atoms with Crippen LogP contribution in [0.15, 0.2) is 9.98 Å². The Bertz CT molecular complexity index is 1520. The van der Waals surface area contributed by atoms with Gasteiger partial charge in [-0.15, -0.1) is 0 Å². The Morgan fingerprint density at radius 1 is 0.590 bits per heavy atom. The number of alkyl halides is 3. The molecule has 0 aliphatic heterocycles. The number of nitrogens with zero attached hydrogens (tertiary/aromatic N) is 2. The highest BCUT2D eigenvalue weighted by atomic mass is 19.4. The van der Waals surface area contributed by atoms with Crippen molar-refractivity contribution in [2.75, 3.05) is 26.2 Å². The van der Waals surface area contributed by atoms with Gasteiger partial charge in [0, 0.05) is 13.1 Å². The summed E-state index contributed by atoms with van der Waals surface area (Å²) in [5.41, 5.74) is 27.6. The molecule has 0 aromatic carbocycles. The summed E-state index contributed by atoms with van der Waals surface area (Å²) in [5.74, 6) is -9.14. The van der Waals surface area contributed by atoms with Crippen LogP contribution in [0.1, 0.15) is 73.1 Å². The van der Waals surface area contributed by atoms with Gasteiger partial charge in [-0.25, -0.2) is 4.79 Å². The molecule has 350 valence electrons. The van der Waals surface area contributed by atoms with Crippen LogP contribution < -0.4 is 60.6 Å². The maximum absolute atomic E-state index is 13.6. The molecule has 19 N–H and O–H groups in total. The van der Waals surface area contributed by atoms with Crippen molar-refractivity contribution in [3.05, 3.63) is 0 Å². The predicted molar refractivity (Wildman–Crippen MR) is 213 cm³/mol. The number of carbonyl (C=O) groups is 8. The second-order valence-electron chi connectivity index (χ2n) is 14.3. The molecule has 0 heterocycles. The molecule has 0 saturated carbocycles. The summed E-state index contributed by atoms with van der Waals surface area (Å²) in [7, 11) is 0. The van der Waals surface area contributed by atoms with Gasteiger partial charge in [0.1, 0.15) is 36.8 Å². The predicted octanol–water partition coefficient (Wildman–Crippen LogP) is -4.22. The number of halogens is 3. The van der Waals surface area contributed by atoms with E-state index >= 15 is 0 Å². The zero-order valence-electron chi connectivity index (χ0n) is 34.7. The fourth-order valence-electron chi connectivity index (χ4n) is 4.84. The highest BCUT2D eigenvalue weighted by molar-refractivity contribution is 5.96. The van der Waals surface area contributed by atoms with Crippen LogP contribution in [-0.2, 0) is 38.4 Å². The maximum atomic E-state index is 13.6. The number of aliphatic imine (C=N–C) groups is 2. The van der Waals surface area contributed by atoms with Crippen molar-refractivity contribution in [2.24, 2.45) is 50.5 Å². The van der Waals surface area contributed by atoms with Crippen LogP contribution in [0.3, 0.4) is 0 Å². The average Bonchev–Trinajstić information content (AvgIpc) is 3.13. The lowest BCUT2D eigenvalue weighted by Gasteiger charge is -2.26. The molecule has 0 aromatic rings. The number of nitrogens with two attached hydrogens (primary N) is 5. The normalized spacial score (nSPS) is 13.9. The Balaban J connectivity index is 0. The summed E-state index contributed by atoms with van der Waals surface area (Å²) < 4.78 is 31.7. The first kappa shape index (κ1) is 57.1. The van der Waals surface area contributed by atoms with Crippen LogP contribution in [0.2, 0.25) is 0 Å². The third-order valence-corrected chi connectivity index (χ3v) is 7.78. The number of guanidine groups is 2. The number of nitrogens with one attached hydrogen (secondary N) is 6. The highest BCUT2D eigenvalue weighted by Gasteiger charge is 2.38. The van der Waals surface area contributed by atoms with Crippen molar-refractivity contribution < 1.29 is 66.8 Å². The van der Waals surface area contributed by atoms with Crippen molar-refractivity contribution in [1.82, 2.24) is 31.9 Å². The molecule has 0 saturated heterocycles. The molecular formula is C34H62F3N13O11. The van der Waals surface area contributed by atoms with Crippen molar-refractivity contribution in [2.45, 2.75) is 116 Å². The van der Waals surface area contributed by atoms with E-state index in [9.17, 15) is 51.8 Å². The van der Waals surface area contributed by atoms with Crippen molar-refractivity contribution >= 4 is 59.3 Å². The van der Waals surface area contributed by atoms with Crippen molar-refractivity contribution in [3.8, 4) is 0 Å². The van der Waals surface area contributed by atoms with E-state index in [2.05, 4.69) is 41.9 Å². The maximum Gasteiger partial charge on any atom is 0.490 e. The molecule has 0 fully saturated rings. The molecule has 0 rings (SSSR count). The largest absolute Gasteiger partial charge is 0.490 e. The third-order valence-electron chi connectivity index (χ3n) is 7.78. The van der Waals surface area contributed by atoms with Crippen LogP contribution in [0.4, 0.5) is 13.2 Å². The lowest BCUT2D eigenvalue weighted by Crippen LogP contribution is -2.59. The lowest BCUT2D eigenvalue weighted by atomic mass is 10.0. The molecule has 0 bridgehead atoms. The Labute approximate surface area is 350 Å². The quantitative estimate of drug-likeness (QED) is 0.0222. The Hall–Kier alpha value is -5.99. The Morgan fingerprint density at radius 2 is 0.984 bits per heavy atom. The number of hydrogen-bond donors (Lipinski definition) is 14. The SMILES string of the molecule is CC(C)CC(N)C(=O)NC(CCCN=C(N)N)C(=O)NC(CCCN=C(N)N)C(=O)NC(C)C(=O)NC(CO)C(=O)NC(CC(C)C)C(=O)NCC(=O)O.O=C(O)C(F)(F)F. The molecule has 27 heteroatoms. The fourth-order valence-corrected chi connectivity index (χ4v) is 4.84. The lowest BCUT2D eigenvalue weighted by molar-refractivity contribution is -0.192. The van der Waals surface area contributed by atoms with Crippen LogP contribution in [0, 0.1) is 11.8 Å². The number of amides is 6. The summed E-state index contributed by atoms with van der Waals surface area (Å²) in [6.07, 6.45) is -4.05. The van der Waals surface area contributed by atoms with Gasteiger partial charge in [-0.3, -0.25) is 43.5 Å².